The summed E-state index contributed by atoms with van der Waals surface area (Å²) in [7, 11) is 0. The van der Waals surface area contributed by atoms with Crippen LogP contribution in [0.5, 0.6) is 0 Å². The number of nitrogens with one attached hydrogen (secondary N) is 1. The maximum atomic E-state index is 12.7. The molecule has 2 aromatic heterocycles. The minimum Gasteiger partial charge on any atom is -0.302 e. The highest BCUT2D eigenvalue weighted by Gasteiger charge is 2.18. The third-order valence-corrected chi connectivity index (χ3v) is 6.12. The summed E-state index contributed by atoms with van der Waals surface area (Å²) in [5, 5.41) is 3.15. The molecule has 0 unspecified atom stereocenters. The number of aromatic nitrogens is 3. The number of imidazole rings is 1. The lowest BCUT2D eigenvalue weighted by atomic mass is 10.1. The van der Waals surface area contributed by atoms with Gasteiger partial charge in [0, 0.05) is 32.0 Å². The van der Waals surface area contributed by atoms with E-state index in [4.69, 9.17) is 0 Å². The maximum Gasteiger partial charge on any atom is 0.329 e. The van der Waals surface area contributed by atoms with Gasteiger partial charge in [-0.1, -0.05) is 53.8 Å². The average Bonchev–Trinajstić information content (AvgIpc) is 3.31. The number of aryl methyl sites for hydroxylation is 2. The van der Waals surface area contributed by atoms with Crippen molar-refractivity contribution in [3.05, 3.63) is 70.0 Å². The Bertz CT molecular complexity index is 1320. The Morgan fingerprint density at radius 3 is 2.29 bits per heavy atom. The largest absolute Gasteiger partial charge is 0.329 e. The van der Waals surface area contributed by atoms with E-state index >= 15 is 0 Å². The van der Waals surface area contributed by atoms with Crippen molar-refractivity contribution in [3.63, 3.8) is 0 Å². The Kier molecular flexibility index (Phi) is 5.81. The van der Waals surface area contributed by atoms with Crippen LogP contribution in [0, 0.1) is 0 Å². The molecule has 158 valence electrons. The van der Waals surface area contributed by atoms with Gasteiger partial charge in [0.05, 0.1) is 21.6 Å². The topological polar surface area (TPSA) is 86.0 Å². The van der Waals surface area contributed by atoms with Gasteiger partial charge in [0.15, 0.2) is 10.9 Å². The van der Waals surface area contributed by atoms with Crippen LogP contribution in [0.15, 0.2) is 59.4 Å². The van der Waals surface area contributed by atoms with Crippen LogP contribution in [0.2, 0.25) is 0 Å². The summed E-state index contributed by atoms with van der Waals surface area (Å²) in [6.45, 7) is 4.23. The molecular formula is C23H22N4O3S. The molecule has 0 aliphatic carbocycles. The summed E-state index contributed by atoms with van der Waals surface area (Å²) in [4.78, 5) is 42.3. The van der Waals surface area contributed by atoms with Crippen LogP contribution in [0.25, 0.3) is 22.3 Å². The molecule has 31 heavy (non-hydrogen) atoms. The average molecular weight is 435 g/mol. The molecule has 0 aliphatic heterocycles. The minimum absolute atomic E-state index is 0.101. The molecule has 1 amide bonds. The molecular weight excluding hydrogens is 412 g/mol. The second-order valence-electron chi connectivity index (χ2n) is 7.08. The minimum atomic E-state index is -0.260. The van der Waals surface area contributed by atoms with Gasteiger partial charge in [-0.2, -0.15) is 0 Å². The van der Waals surface area contributed by atoms with Gasteiger partial charge in [-0.05, 0) is 19.1 Å². The number of carbonyl (C=O) groups is 2. The van der Waals surface area contributed by atoms with E-state index < -0.39 is 0 Å². The molecule has 0 atom stereocenters. The molecule has 0 aliphatic rings. The van der Waals surface area contributed by atoms with Crippen LogP contribution >= 0.6 is 11.3 Å². The van der Waals surface area contributed by atoms with Crippen LogP contribution in [0.4, 0.5) is 5.13 Å². The molecule has 1 N–H and O–H groups in total. The monoisotopic (exact) mass is 434 g/mol. The maximum absolute atomic E-state index is 12.7. The fourth-order valence-corrected chi connectivity index (χ4v) is 4.49. The smallest absolute Gasteiger partial charge is 0.302 e. The summed E-state index contributed by atoms with van der Waals surface area (Å²) in [5.41, 5.74) is 2.92. The van der Waals surface area contributed by atoms with E-state index in [1.807, 2.05) is 61.5 Å². The van der Waals surface area contributed by atoms with Crippen molar-refractivity contribution >= 4 is 39.2 Å². The van der Waals surface area contributed by atoms with E-state index in [-0.39, 0.29) is 30.3 Å². The number of hydrogen-bond donors (Lipinski definition) is 1. The lowest BCUT2D eigenvalue weighted by Crippen LogP contribution is -2.25. The van der Waals surface area contributed by atoms with Crippen LogP contribution in [0.1, 0.15) is 29.9 Å². The van der Waals surface area contributed by atoms with E-state index in [9.17, 15) is 14.4 Å². The first-order valence-corrected chi connectivity index (χ1v) is 10.9. The molecule has 4 aromatic rings. The Morgan fingerprint density at radius 1 is 1.00 bits per heavy atom. The Morgan fingerprint density at radius 2 is 1.65 bits per heavy atom. The Hall–Kier alpha value is -3.52. The first-order valence-electron chi connectivity index (χ1n) is 10.0. The molecule has 0 saturated heterocycles. The number of benzene rings is 2. The summed E-state index contributed by atoms with van der Waals surface area (Å²) in [6, 6.07) is 17.0. The molecule has 2 aromatic carbocycles. The van der Waals surface area contributed by atoms with Gasteiger partial charge >= 0.3 is 5.69 Å². The van der Waals surface area contributed by atoms with Gasteiger partial charge in [0.25, 0.3) is 0 Å². The van der Waals surface area contributed by atoms with E-state index in [0.717, 1.165) is 27.9 Å². The predicted molar refractivity (Wildman–Crippen MR) is 123 cm³/mol. The summed E-state index contributed by atoms with van der Waals surface area (Å²) in [6.07, 6.45) is 0.118. The van der Waals surface area contributed by atoms with E-state index in [1.54, 1.807) is 9.13 Å². The van der Waals surface area contributed by atoms with Crippen molar-refractivity contribution in [1.29, 1.82) is 0 Å². The molecule has 0 spiro atoms. The van der Waals surface area contributed by atoms with Crippen LogP contribution < -0.4 is 11.0 Å². The third-order valence-electron chi connectivity index (χ3n) is 5.04. The second kappa shape index (κ2) is 8.69. The number of rotatable bonds is 7. The quantitative estimate of drug-likeness (QED) is 0.442. The van der Waals surface area contributed by atoms with Crippen LogP contribution in [0.3, 0.4) is 0 Å². The normalized spacial score (nSPS) is 11.0. The van der Waals surface area contributed by atoms with Crippen molar-refractivity contribution in [2.24, 2.45) is 0 Å². The Labute approximate surface area is 183 Å². The molecule has 0 fully saturated rings. The molecule has 0 saturated carbocycles. The number of Topliss-reactive ketones (excluding diaryl/α,β-unsaturated/α-hetero) is 1. The highest BCUT2D eigenvalue weighted by atomic mass is 32.1. The summed E-state index contributed by atoms with van der Waals surface area (Å²) >= 11 is 1.16. The third kappa shape index (κ3) is 4.06. The molecule has 0 bridgehead atoms. The molecule has 0 radical (unpaired) electrons. The van der Waals surface area contributed by atoms with Gasteiger partial charge < -0.3 is 5.32 Å². The SMILES string of the molecule is CCn1c(=O)n(CCC(=O)Nc2nc(-c3ccccc3)c(C(C)=O)s2)c2ccccc21. The van der Waals surface area contributed by atoms with Gasteiger partial charge in [0.2, 0.25) is 5.91 Å². The zero-order valence-electron chi connectivity index (χ0n) is 17.3. The number of hydrogen-bond acceptors (Lipinski definition) is 5. The van der Waals surface area contributed by atoms with Crippen molar-refractivity contribution in [2.75, 3.05) is 5.32 Å². The highest BCUT2D eigenvalue weighted by molar-refractivity contribution is 7.18. The van der Waals surface area contributed by atoms with Crippen LogP contribution in [-0.2, 0) is 17.9 Å². The van der Waals surface area contributed by atoms with E-state index in [2.05, 4.69) is 10.3 Å². The van der Waals surface area contributed by atoms with E-state index in [1.165, 1.54) is 6.92 Å². The van der Waals surface area contributed by atoms with Crippen molar-refractivity contribution in [1.82, 2.24) is 14.1 Å². The number of ketones is 1. The highest BCUT2D eigenvalue weighted by Crippen LogP contribution is 2.31. The predicted octanol–water partition coefficient (Wildman–Crippen LogP) is 4.18. The standard InChI is InChI=1S/C23H22N4O3S/c1-3-26-17-11-7-8-12-18(17)27(23(26)30)14-13-19(29)24-22-25-20(21(31-22)15(2)28)16-9-5-4-6-10-16/h4-12H,3,13-14H2,1-2H3,(H,24,25,29). The van der Waals surface area contributed by atoms with Crippen LogP contribution in [-0.4, -0.2) is 25.8 Å². The van der Waals surface area contributed by atoms with Gasteiger partial charge in [-0.25, -0.2) is 9.78 Å². The number of para-hydroxylation sites is 2. The molecule has 4 rings (SSSR count). The lowest BCUT2D eigenvalue weighted by molar-refractivity contribution is -0.116. The molecule has 8 heteroatoms. The number of anilines is 1. The zero-order chi connectivity index (χ0) is 22.0. The number of carbonyl (C=O) groups excluding carboxylic acids is 2. The number of amides is 1. The van der Waals surface area contributed by atoms with Gasteiger partial charge in [0.1, 0.15) is 0 Å². The lowest BCUT2D eigenvalue weighted by Gasteiger charge is -2.04. The van der Waals surface area contributed by atoms with Crippen molar-refractivity contribution in [3.8, 4) is 11.3 Å². The van der Waals surface area contributed by atoms with Crippen molar-refractivity contribution < 1.29 is 9.59 Å². The van der Waals surface area contributed by atoms with Gasteiger partial charge in [-0.3, -0.25) is 18.7 Å². The Balaban J connectivity index is 1.53. The fraction of sp³-hybridized carbons (Fsp3) is 0.217. The van der Waals surface area contributed by atoms with Crippen molar-refractivity contribution in [2.45, 2.75) is 33.4 Å². The summed E-state index contributed by atoms with van der Waals surface area (Å²) < 4.78 is 3.32. The molecule has 2 heterocycles. The van der Waals surface area contributed by atoms with Gasteiger partial charge in [-0.15, -0.1) is 0 Å². The molecule has 7 nitrogen and oxygen atoms in total. The number of nitrogens with zero attached hydrogens (tertiary/aromatic N) is 3. The fourth-order valence-electron chi connectivity index (χ4n) is 3.59. The first-order chi connectivity index (χ1) is 15.0. The first kappa shape index (κ1) is 20.7. The summed E-state index contributed by atoms with van der Waals surface area (Å²) in [5.74, 6) is -0.362. The van der Waals surface area contributed by atoms with E-state index in [0.29, 0.717) is 22.2 Å². The number of fused-ring (bicyclic) bond motifs is 1. The number of thiazole rings is 1. The second-order valence-corrected chi connectivity index (χ2v) is 8.08. The zero-order valence-corrected chi connectivity index (χ0v) is 18.1.